The average Bonchev–Trinajstić information content (AvgIpc) is 2.60. The van der Waals surface area contributed by atoms with E-state index in [0.717, 1.165) is 28.5 Å². The molecule has 84 valence electrons. The number of imidazole rings is 1. The summed E-state index contributed by atoms with van der Waals surface area (Å²) in [5, 5.41) is 0. The fraction of sp³-hybridized carbons (Fsp3) is 0.308. The van der Waals surface area contributed by atoms with Crippen molar-refractivity contribution in [3.63, 3.8) is 0 Å². The number of rotatable bonds is 2. The van der Waals surface area contributed by atoms with Gasteiger partial charge in [0.15, 0.2) is 0 Å². The molecule has 0 bridgehead atoms. The summed E-state index contributed by atoms with van der Waals surface area (Å²) in [6.07, 6.45) is 0. The average molecular weight is 215 g/mol. The Morgan fingerprint density at radius 3 is 2.62 bits per heavy atom. The molecule has 0 aliphatic carbocycles. The van der Waals surface area contributed by atoms with Crippen LogP contribution in [-0.2, 0) is 0 Å². The molecule has 0 aliphatic heterocycles. The highest BCUT2D eigenvalue weighted by Crippen LogP contribution is 2.23. The zero-order valence-corrected chi connectivity index (χ0v) is 9.91. The van der Waals surface area contributed by atoms with E-state index in [2.05, 4.69) is 30.7 Å². The fourth-order valence-electron chi connectivity index (χ4n) is 1.86. The van der Waals surface area contributed by atoms with Gasteiger partial charge in [0.25, 0.3) is 0 Å². The van der Waals surface area contributed by atoms with Crippen LogP contribution < -0.4 is 5.73 Å². The topological polar surface area (TPSA) is 54.7 Å². The van der Waals surface area contributed by atoms with Crippen LogP contribution in [0.3, 0.4) is 0 Å². The summed E-state index contributed by atoms with van der Waals surface area (Å²) in [5.41, 5.74) is 9.81. The highest BCUT2D eigenvalue weighted by Gasteiger charge is 2.11. The van der Waals surface area contributed by atoms with E-state index in [0.29, 0.717) is 5.92 Å². The molecule has 16 heavy (non-hydrogen) atoms. The lowest BCUT2D eigenvalue weighted by Gasteiger charge is -1.99. The van der Waals surface area contributed by atoms with E-state index in [1.807, 2.05) is 24.3 Å². The first kappa shape index (κ1) is 10.7. The summed E-state index contributed by atoms with van der Waals surface area (Å²) in [7, 11) is 0. The van der Waals surface area contributed by atoms with Gasteiger partial charge >= 0.3 is 0 Å². The van der Waals surface area contributed by atoms with Gasteiger partial charge in [0, 0.05) is 16.9 Å². The van der Waals surface area contributed by atoms with Crippen molar-refractivity contribution in [1.29, 1.82) is 0 Å². The first-order valence-corrected chi connectivity index (χ1v) is 5.50. The first-order valence-electron chi connectivity index (χ1n) is 5.50. The molecular weight excluding hydrogens is 198 g/mol. The predicted octanol–water partition coefficient (Wildman–Crippen LogP) is 3.09. The van der Waals surface area contributed by atoms with Crippen LogP contribution in [-0.4, -0.2) is 9.97 Å². The zero-order chi connectivity index (χ0) is 11.7. The maximum atomic E-state index is 5.76. The minimum Gasteiger partial charge on any atom is -0.399 e. The highest BCUT2D eigenvalue weighted by atomic mass is 14.9. The van der Waals surface area contributed by atoms with Gasteiger partial charge in [0.05, 0.1) is 5.69 Å². The van der Waals surface area contributed by atoms with Gasteiger partial charge in [-0.2, -0.15) is 0 Å². The molecule has 1 aromatic heterocycles. The van der Waals surface area contributed by atoms with Crippen molar-refractivity contribution < 1.29 is 0 Å². The molecule has 0 unspecified atom stereocenters. The van der Waals surface area contributed by atoms with E-state index < -0.39 is 0 Å². The van der Waals surface area contributed by atoms with Crippen LogP contribution in [0.15, 0.2) is 24.3 Å². The molecule has 0 spiro atoms. The SMILES string of the molecule is Cc1[nH]c(-c2cccc(N)c2)nc1C(C)C. The van der Waals surface area contributed by atoms with Crippen LogP contribution in [0.2, 0.25) is 0 Å². The Hall–Kier alpha value is -1.77. The van der Waals surface area contributed by atoms with E-state index in [9.17, 15) is 0 Å². The molecule has 2 rings (SSSR count). The van der Waals surface area contributed by atoms with Gasteiger partial charge in [0.2, 0.25) is 0 Å². The van der Waals surface area contributed by atoms with Gasteiger partial charge in [-0.1, -0.05) is 26.0 Å². The second kappa shape index (κ2) is 4.00. The lowest BCUT2D eigenvalue weighted by atomic mass is 10.1. The fourth-order valence-corrected chi connectivity index (χ4v) is 1.86. The number of hydrogen-bond donors (Lipinski definition) is 2. The molecule has 3 heteroatoms. The van der Waals surface area contributed by atoms with Crippen LogP contribution in [0, 0.1) is 6.92 Å². The largest absolute Gasteiger partial charge is 0.399 e. The van der Waals surface area contributed by atoms with Gasteiger partial charge in [-0.25, -0.2) is 4.98 Å². The minimum atomic E-state index is 0.436. The van der Waals surface area contributed by atoms with Crippen LogP contribution in [0.4, 0.5) is 5.69 Å². The normalized spacial score (nSPS) is 11.0. The molecule has 0 fully saturated rings. The number of aryl methyl sites for hydroxylation is 1. The quantitative estimate of drug-likeness (QED) is 0.756. The summed E-state index contributed by atoms with van der Waals surface area (Å²) in [6, 6.07) is 7.77. The molecule has 0 radical (unpaired) electrons. The lowest BCUT2D eigenvalue weighted by molar-refractivity contribution is 0.823. The number of hydrogen-bond acceptors (Lipinski definition) is 2. The van der Waals surface area contributed by atoms with Gasteiger partial charge < -0.3 is 10.7 Å². The maximum absolute atomic E-state index is 5.76. The van der Waals surface area contributed by atoms with Crippen molar-refractivity contribution in [3.8, 4) is 11.4 Å². The van der Waals surface area contributed by atoms with Crippen LogP contribution in [0.5, 0.6) is 0 Å². The van der Waals surface area contributed by atoms with Gasteiger partial charge in [-0.3, -0.25) is 0 Å². The van der Waals surface area contributed by atoms with Crippen molar-refractivity contribution in [2.24, 2.45) is 0 Å². The highest BCUT2D eigenvalue weighted by molar-refractivity contribution is 5.61. The summed E-state index contributed by atoms with van der Waals surface area (Å²) >= 11 is 0. The van der Waals surface area contributed by atoms with Crippen molar-refractivity contribution in [2.75, 3.05) is 5.73 Å². The minimum absolute atomic E-state index is 0.436. The third-order valence-electron chi connectivity index (χ3n) is 2.63. The first-order chi connectivity index (χ1) is 7.58. The van der Waals surface area contributed by atoms with E-state index in [1.54, 1.807) is 0 Å². The number of nitrogen functional groups attached to an aromatic ring is 1. The van der Waals surface area contributed by atoms with Crippen LogP contribution in [0.25, 0.3) is 11.4 Å². The molecule has 0 saturated carbocycles. The molecule has 1 heterocycles. The second-order valence-electron chi connectivity index (χ2n) is 4.38. The molecule has 2 aromatic rings. The number of nitrogens with one attached hydrogen (secondary N) is 1. The lowest BCUT2D eigenvalue weighted by Crippen LogP contribution is -1.90. The predicted molar refractivity (Wildman–Crippen MR) is 67.3 cm³/mol. The Balaban J connectivity index is 2.45. The standard InChI is InChI=1S/C13H17N3/c1-8(2)12-9(3)15-13(16-12)10-5-4-6-11(14)7-10/h4-8H,14H2,1-3H3,(H,15,16). The number of nitrogens with zero attached hydrogens (tertiary/aromatic N) is 1. The van der Waals surface area contributed by atoms with Gasteiger partial charge in [-0.15, -0.1) is 0 Å². The van der Waals surface area contributed by atoms with E-state index in [1.165, 1.54) is 0 Å². The number of aromatic amines is 1. The van der Waals surface area contributed by atoms with Crippen molar-refractivity contribution in [2.45, 2.75) is 26.7 Å². The molecule has 0 aliphatic rings. The second-order valence-corrected chi connectivity index (χ2v) is 4.38. The Labute approximate surface area is 95.7 Å². The summed E-state index contributed by atoms with van der Waals surface area (Å²) in [5.74, 6) is 1.33. The molecule has 3 N–H and O–H groups in total. The molecule has 0 atom stereocenters. The molecule has 0 saturated heterocycles. The maximum Gasteiger partial charge on any atom is 0.137 e. The van der Waals surface area contributed by atoms with Crippen LogP contribution in [0.1, 0.15) is 31.2 Å². The van der Waals surface area contributed by atoms with Gasteiger partial charge in [0.1, 0.15) is 5.82 Å². The summed E-state index contributed by atoms with van der Waals surface area (Å²) in [4.78, 5) is 7.91. The van der Waals surface area contributed by atoms with E-state index in [-0.39, 0.29) is 0 Å². The molecule has 0 amide bonds. The number of benzene rings is 1. The Bertz CT molecular complexity index is 498. The molecule has 1 aromatic carbocycles. The van der Waals surface area contributed by atoms with Crippen molar-refractivity contribution in [3.05, 3.63) is 35.7 Å². The number of H-pyrrole nitrogens is 1. The molecule has 3 nitrogen and oxygen atoms in total. The van der Waals surface area contributed by atoms with Crippen molar-refractivity contribution in [1.82, 2.24) is 9.97 Å². The van der Waals surface area contributed by atoms with Crippen molar-refractivity contribution >= 4 is 5.69 Å². The third-order valence-corrected chi connectivity index (χ3v) is 2.63. The Morgan fingerprint density at radius 1 is 1.31 bits per heavy atom. The third kappa shape index (κ3) is 1.94. The number of anilines is 1. The summed E-state index contributed by atoms with van der Waals surface area (Å²) in [6.45, 7) is 6.34. The van der Waals surface area contributed by atoms with Crippen LogP contribution >= 0.6 is 0 Å². The van der Waals surface area contributed by atoms with E-state index >= 15 is 0 Å². The Morgan fingerprint density at radius 2 is 2.06 bits per heavy atom. The monoisotopic (exact) mass is 215 g/mol. The molecular formula is C13H17N3. The zero-order valence-electron chi connectivity index (χ0n) is 9.91. The van der Waals surface area contributed by atoms with Gasteiger partial charge in [-0.05, 0) is 25.0 Å². The van der Waals surface area contributed by atoms with E-state index in [4.69, 9.17) is 5.73 Å². The summed E-state index contributed by atoms with van der Waals surface area (Å²) < 4.78 is 0. The number of nitrogens with two attached hydrogens (primary N) is 1. The number of aromatic nitrogens is 2. The smallest absolute Gasteiger partial charge is 0.137 e. The Kier molecular flexibility index (Phi) is 2.69.